The predicted octanol–water partition coefficient (Wildman–Crippen LogP) is 8.58. The number of methoxy groups -OCH3 is 1. The summed E-state index contributed by atoms with van der Waals surface area (Å²) in [5.41, 5.74) is 3.97. The minimum Gasteiger partial charge on any atom is -0.495 e. The second-order valence-electron chi connectivity index (χ2n) is 14.7. The van der Waals surface area contributed by atoms with Gasteiger partial charge in [0, 0.05) is 30.9 Å². The number of unbranched alkanes of at least 4 members (excludes halogenated alkanes) is 13. The minimum absolute atomic E-state index is 0.0120. The highest BCUT2D eigenvalue weighted by Gasteiger charge is 2.22. The van der Waals surface area contributed by atoms with Gasteiger partial charge in [-0.1, -0.05) is 127 Å². The van der Waals surface area contributed by atoms with Crippen LogP contribution < -0.4 is 25.0 Å². The number of amides is 2. The number of benzene rings is 3. The molecule has 0 saturated carbocycles. The third-order valence-corrected chi connectivity index (χ3v) is 11.6. The van der Waals surface area contributed by atoms with Gasteiger partial charge in [-0.2, -0.15) is 0 Å². The highest BCUT2D eigenvalue weighted by Crippen LogP contribution is 2.28. The molecule has 0 spiro atoms. The molecule has 0 atom stereocenters. The Morgan fingerprint density at radius 2 is 1.40 bits per heavy atom. The number of carbonyl (C=O) groups is 1. The van der Waals surface area contributed by atoms with Crippen molar-refractivity contribution in [1.29, 1.82) is 0 Å². The Morgan fingerprint density at radius 1 is 0.776 bits per heavy atom. The van der Waals surface area contributed by atoms with Gasteiger partial charge in [0.2, 0.25) is 10.0 Å². The van der Waals surface area contributed by atoms with Crippen LogP contribution in [0.1, 0.15) is 114 Å². The monoisotopic (exact) mass is 816 g/mol. The van der Waals surface area contributed by atoms with Crippen molar-refractivity contribution in [3.05, 3.63) is 89.1 Å². The second kappa shape index (κ2) is 25.0. The molecular formula is C45H64N6O6S. The topological polar surface area (TPSA) is 165 Å². The first-order chi connectivity index (χ1) is 28.2. The number of anilines is 2. The van der Waals surface area contributed by atoms with Gasteiger partial charge < -0.3 is 25.2 Å². The summed E-state index contributed by atoms with van der Waals surface area (Å²) < 4.78 is 34.7. The molecule has 58 heavy (non-hydrogen) atoms. The van der Waals surface area contributed by atoms with Crippen LogP contribution in [0.25, 0.3) is 6.08 Å². The maximum absolute atomic E-state index is 13.5. The molecule has 4 rings (SSSR count). The van der Waals surface area contributed by atoms with Gasteiger partial charge in [0.15, 0.2) is 11.7 Å². The van der Waals surface area contributed by atoms with Crippen LogP contribution in [-0.2, 0) is 10.0 Å². The summed E-state index contributed by atoms with van der Waals surface area (Å²) in [6.07, 6.45) is 19.0. The quantitative estimate of drug-likeness (QED) is 0.0507. The smallest absolute Gasteiger partial charge is 0.325 e. The normalized spacial score (nSPS) is 13.4. The van der Waals surface area contributed by atoms with E-state index < -0.39 is 16.1 Å². The number of ether oxygens (including phenoxy) is 1. The van der Waals surface area contributed by atoms with E-state index in [0.717, 1.165) is 41.6 Å². The minimum atomic E-state index is -3.84. The van der Waals surface area contributed by atoms with Crippen molar-refractivity contribution in [2.24, 2.45) is 9.98 Å². The summed E-state index contributed by atoms with van der Waals surface area (Å²) >= 11 is 0. The first-order valence-electron chi connectivity index (χ1n) is 21.0. The number of aliphatic hydroxyl groups excluding tert-OH is 2. The Kier molecular flexibility index (Phi) is 19.9. The molecular weight excluding hydrogens is 753 g/mol. The zero-order valence-electron chi connectivity index (χ0n) is 34.6. The highest BCUT2D eigenvalue weighted by molar-refractivity contribution is 7.89. The van der Waals surface area contributed by atoms with Crippen molar-refractivity contribution in [2.45, 2.75) is 109 Å². The van der Waals surface area contributed by atoms with E-state index in [-0.39, 0.29) is 29.6 Å². The molecule has 0 aliphatic carbocycles. The number of urea groups is 1. The average Bonchev–Trinajstić information content (AvgIpc) is 3.61. The summed E-state index contributed by atoms with van der Waals surface area (Å²) in [6.45, 7) is 5.21. The zero-order chi connectivity index (χ0) is 41.6. The molecule has 1 aliphatic heterocycles. The van der Waals surface area contributed by atoms with E-state index in [2.05, 4.69) is 27.3 Å². The van der Waals surface area contributed by atoms with Gasteiger partial charge in [-0.25, -0.2) is 27.9 Å². The van der Waals surface area contributed by atoms with Gasteiger partial charge in [-0.05, 0) is 60.9 Å². The molecule has 0 saturated heterocycles. The third kappa shape index (κ3) is 15.0. The molecule has 0 aromatic heterocycles. The van der Waals surface area contributed by atoms with Crippen molar-refractivity contribution in [3.8, 4) is 5.75 Å². The lowest BCUT2D eigenvalue weighted by atomic mass is 10.0. The fourth-order valence-corrected chi connectivity index (χ4v) is 7.96. The SMILES string of the molecule is CCCCCCCCCCCCCCCCNS(=O)(=O)c1ccc(OC)c(NC(=O)NC2=NC(c3ccccc3)=NC2=Cc2ccc(N(CCO)CCO)cc2C)c1. The zero-order valence-corrected chi connectivity index (χ0v) is 35.5. The highest BCUT2D eigenvalue weighted by atomic mass is 32.2. The lowest BCUT2D eigenvalue weighted by Gasteiger charge is -2.23. The predicted molar refractivity (Wildman–Crippen MR) is 237 cm³/mol. The molecule has 3 aromatic rings. The molecule has 0 radical (unpaired) electrons. The van der Waals surface area contributed by atoms with Crippen LogP contribution in [0.4, 0.5) is 16.2 Å². The molecule has 1 heterocycles. The Labute approximate surface area is 346 Å². The van der Waals surface area contributed by atoms with Crippen molar-refractivity contribution in [3.63, 3.8) is 0 Å². The largest absolute Gasteiger partial charge is 0.495 e. The maximum Gasteiger partial charge on any atom is 0.325 e. The summed E-state index contributed by atoms with van der Waals surface area (Å²) in [7, 11) is -2.39. The van der Waals surface area contributed by atoms with E-state index in [0.29, 0.717) is 36.9 Å². The van der Waals surface area contributed by atoms with Gasteiger partial charge in [0.05, 0.1) is 30.9 Å². The standard InChI is InChI=1S/C45H64N6O6S/c1-4-5-6-7-8-9-10-11-12-13-14-15-16-20-27-46-58(55,56)39-25-26-42(57-3)40(34-39)48-45(54)50-44-41(47-43(49-44)36-21-18-17-19-22-36)33-37-23-24-38(32-35(37)2)51(28-30-52)29-31-53/h17-19,21-26,32-34,46,52-53H,4-16,20,27-31H2,1-3H3,(H2,47,48,49,50,54). The third-order valence-electron chi connectivity index (χ3n) is 10.2. The first-order valence-corrected chi connectivity index (χ1v) is 22.4. The van der Waals surface area contributed by atoms with Crippen LogP contribution in [0.5, 0.6) is 5.75 Å². The van der Waals surface area contributed by atoms with Crippen LogP contribution in [-0.4, -0.2) is 76.3 Å². The van der Waals surface area contributed by atoms with E-state index in [9.17, 15) is 23.4 Å². The van der Waals surface area contributed by atoms with Crippen LogP contribution in [0.3, 0.4) is 0 Å². The lowest BCUT2D eigenvalue weighted by Crippen LogP contribution is -2.34. The Morgan fingerprint density at radius 3 is 1.98 bits per heavy atom. The van der Waals surface area contributed by atoms with Crippen molar-refractivity contribution >= 4 is 45.2 Å². The van der Waals surface area contributed by atoms with Crippen LogP contribution in [0.15, 0.2) is 87.3 Å². The molecule has 1 aliphatic rings. The number of hydrogen-bond acceptors (Lipinski definition) is 9. The molecule has 2 amide bonds. The van der Waals surface area contributed by atoms with Crippen LogP contribution >= 0.6 is 0 Å². The van der Waals surface area contributed by atoms with Crippen molar-refractivity contribution in [1.82, 2.24) is 10.0 Å². The number of aryl methyl sites for hydroxylation is 1. The number of amidine groups is 2. The molecule has 0 bridgehead atoms. The van der Waals surface area contributed by atoms with Gasteiger partial charge >= 0.3 is 6.03 Å². The van der Waals surface area contributed by atoms with Crippen molar-refractivity contribution < 1.29 is 28.2 Å². The van der Waals surface area contributed by atoms with E-state index in [1.54, 1.807) is 0 Å². The Bertz CT molecular complexity index is 1930. The molecule has 0 unspecified atom stereocenters. The lowest BCUT2D eigenvalue weighted by molar-refractivity contribution is 0.256. The van der Waals surface area contributed by atoms with Crippen LogP contribution in [0, 0.1) is 6.92 Å². The van der Waals surface area contributed by atoms with Gasteiger partial charge in [0.1, 0.15) is 11.4 Å². The van der Waals surface area contributed by atoms with Crippen LogP contribution in [0.2, 0.25) is 0 Å². The average molecular weight is 817 g/mol. The number of aliphatic hydroxyl groups is 2. The molecule has 3 aromatic carbocycles. The van der Waals surface area contributed by atoms with Gasteiger partial charge in [0.25, 0.3) is 0 Å². The first kappa shape index (κ1) is 46.1. The second-order valence-corrected chi connectivity index (χ2v) is 16.5. The van der Waals surface area contributed by atoms with Gasteiger partial charge in [-0.15, -0.1) is 0 Å². The summed E-state index contributed by atoms with van der Waals surface area (Å²) in [5.74, 6) is 0.919. The fourth-order valence-electron chi connectivity index (χ4n) is 6.86. The van der Waals surface area contributed by atoms with Gasteiger partial charge in [-0.3, -0.25) is 5.32 Å². The molecule has 316 valence electrons. The molecule has 12 nitrogen and oxygen atoms in total. The molecule has 0 fully saturated rings. The number of rotatable bonds is 26. The fraction of sp³-hybridized carbons (Fsp3) is 0.489. The number of nitrogens with one attached hydrogen (secondary N) is 3. The number of hydrogen-bond donors (Lipinski definition) is 5. The Balaban J connectivity index is 1.35. The van der Waals surface area contributed by atoms with E-state index in [4.69, 9.17) is 9.73 Å². The number of sulfonamides is 1. The summed E-state index contributed by atoms with van der Waals surface area (Å²) in [5, 5.41) is 24.5. The van der Waals surface area contributed by atoms with E-state index in [1.165, 1.54) is 95.9 Å². The van der Waals surface area contributed by atoms with Crippen molar-refractivity contribution in [2.75, 3.05) is 50.2 Å². The van der Waals surface area contributed by atoms with E-state index in [1.807, 2.05) is 66.4 Å². The van der Waals surface area contributed by atoms with E-state index >= 15 is 0 Å². The molecule has 13 heteroatoms. The molecule has 5 N–H and O–H groups in total. The summed E-state index contributed by atoms with van der Waals surface area (Å²) in [6, 6.07) is 18.9. The Hall–Kier alpha value is -4.56. The summed E-state index contributed by atoms with van der Waals surface area (Å²) in [4.78, 5) is 24.9. The maximum atomic E-state index is 13.5. The number of carbonyl (C=O) groups excluding carboxylic acids is 1. The number of nitrogens with zero attached hydrogens (tertiary/aromatic N) is 3. The number of aliphatic imine (C=N–C) groups is 2.